The summed E-state index contributed by atoms with van der Waals surface area (Å²) in [7, 11) is 0. The number of Topliss-reactive ketones (excluding diaryl/α,β-unsaturated/α-hetero) is 1. The fourth-order valence-electron chi connectivity index (χ4n) is 2.37. The van der Waals surface area contributed by atoms with Crippen molar-refractivity contribution >= 4 is 17.4 Å². The van der Waals surface area contributed by atoms with Gasteiger partial charge in [-0.15, -0.1) is 0 Å². The Bertz CT molecular complexity index is 853. The molecule has 1 aromatic heterocycles. The van der Waals surface area contributed by atoms with Gasteiger partial charge in [0.25, 0.3) is 5.91 Å². The lowest BCUT2D eigenvalue weighted by molar-refractivity contribution is 0.101. The van der Waals surface area contributed by atoms with Crippen LogP contribution < -0.4 is 5.32 Å². The van der Waals surface area contributed by atoms with Crippen LogP contribution >= 0.6 is 0 Å². The van der Waals surface area contributed by atoms with E-state index in [-0.39, 0.29) is 11.7 Å². The van der Waals surface area contributed by atoms with Crippen molar-refractivity contribution in [2.45, 2.75) is 13.5 Å². The monoisotopic (exact) mass is 319 g/mol. The number of benzene rings is 2. The number of ketones is 1. The standard InChI is InChI=1S/C19H17N3O2/c1-14(23)17-3-2-4-18(11-17)21-19(24)16-7-5-15(6-8-16)12-22-10-9-20-13-22/h2-11,13H,12H2,1H3,(H,21,24). The van der Waals surface area contributed by atoms with Gasteiger partial charge in [0, 0.05) is 35.8 Å². The normalized spacial score (nSPS) is 10.4. The molecule has 0 bridgehead atoms. The fourth-order valence-corrected chi connectivity index (χ4v) is 2.37. The average Bonchev–Trinajstić information content (AvgIpc) is 3.08. The first-order valence-electron chi connectivity index (χ1n) is 7.59. The summed E-state index contributed by atoms with van der Waals surface area (Å²) in [5.41, 5.74) is 2.83. The maximum atomic E-state index is 12.3. The maximum Gasteiger partial charge on any atom is 0.255 e. The van der Waals surface area contributed by atoms with E-state index in [4.69, 9.17) is 0 Å². The van der Waals surface area contributed by atoms with Crippen LogP contribution in [0.15, 0.2) is 67.3 Å². The summed E-state index contributed by atoms with van der Waals surface area (Å²) in [6.07, 6.45) is 5.38. The van der Waals surface area contributed by atoms with Gasteiger partial charge in [0.1, 0.15) is 0 Å². The number of hydrogen-bond donors (Lipinski definition) is 1. The first-order valence-corrected chi connectivity index (χ1v) is 7.59. The van der Waals surface area contributed by atoms with Crippen LogP contribution in [0.1, 0.15) is 33.2 Å². The molecule has 0 aliphatic rings. The Kier molecular flexibility index (Phi) is 4.52. The molecule has 0 radical (unpaired) electrons. The number of rotatable bonds is 5. The number of hydrogen-bond acceptors (Lipinski definition) is 3. The minimum atomic E-state index is -0.204. The van der Waals surface area contributed by atoms with Crippen LogP contribution in [-0.2, 0) is 6.54 Å². The summed E-state index contributed by atoms with van der Waals surface area (Å²) in [4.78, 5) is 27.7. The van der Waals surface area contributed by atoms with Crippen molar-refractivity contribution in [2.75, 3.05) is 5.32 Å². The van der Waals surface area contributed by atoms with Crippen LogP contribution in [0.4, 0.5) is 5.69 Å². The lowest BCUT2D eigenvalue weighted by atomic mass is 10.1. The molecule has 3 aromatic rings. The lowest BCUT2D eigenvalue weighted by Gasteiger charge is -2.08. The van der Waals surface area contributed by atoms with E-state index in [1.807, 2.05) is 22.9 Å². The Morgan fingerprint density at radius 3 is 2.54 bits per heavy atom. The Hall–Kier alpha value is -3.21. The second-order valence-corrected chi connectivity index (χ2v) is 5.52. The van der Waals surface area contributed by atoms with Gasteiger partial charge >= 0.3 is 0 Å². The summed E-state index contributed by atoms with van der Waals surface area (Å²) < 4.78 is 1.96. The quantitative estimate of drug-likeness (QED) is 0.733. The molecule has 1 heterocycles. The van der Waals surface area contributed by atoms with Crippen LogP contribution in [0, 0.1) is 0 Å². The number of carbonyl (C=O) groups excluding carboxylic acids is 2. The van der Waals surface area contributed by atoms with Gasteiger partial charge in [-0.1, -0.05) is 24.3 Å². The van der Waals surface area contributed by atoms with E-state index in [1.54, 1.807) is 48.9 Å². The van der Waals surface area contributed by atoms with Crippen molar-refractivity contribution in [1.82, 2.24) is 9.55 Å². The number of imidazole rings is 1. The first-order chi connectivity index (χ1) is 11.6. The summed E-state index contributed by atoms with van der Waals surface area (Å²) in [6.45, 7) is 2.21. The Balaban J connectivity index is 1.69. The second kappa shape index (κ2) is 6.91. The number of aromatic nitrogens is 2. The molecule has 120 valence electrons. The molecule has 5 nitrogen and oxygen atoms in total. The highest BCUT2D eigenvalue weighted by Crippen LogP contribution is 2.13. The molecule has 2 aromatic carbocycles. The van der Waals surface area contributed by atoms with E-state index in [0.29, 0.717) is 23.4 Å². The second-order valence-electron chi connectivity index (χ2n) is 5.52. The number of carbonyl (C=O) groups is 2. The van der Waals surface area contributed by atoms with Gasteiger partial charge in [-0.05, 0) is 36.8 Å². The summed E-state index contributed by atoms with van der Waals surface area (Å²) in [5, 5.41) is 2.81. The molecule has 1 N–H and O–H groups in total. The molecular formula is C19H17N3O2. The molecule has 0 saturated carbocycles. The SMILES string of the molecule is CC(=O)c1cccc(NC(=O)c2ccc(Cn3ccnc3)cc2)c1. The lowest BCUT2D eigenvalue weighted by Crippen LogP contribution is -2.12. The zero-order valence-corrected chi connectivity index (χ0v) is 13.3. The molecule has 0 atom stereocenters. The van der Waals surface area contributed by atoms with E-state index in [9.17, 15) is 9.59 Å². The molecule has 0 unspecified atom stereocenters. The van der Waals surface area contributed by atoms with E-state index < -0.39 is 0 Å². The van der Waals surface area contributed by atoms with Crippen LogP contribution in [0.5, 0.6) is 0 Å². The van der Waals surface area contributed by atoms with Gasteiger partial charge in [-0.2, -0.15) is 0 Å². The third kappa shape index (κ3) is 3.76. The molecule has 0 aliphatic carbocycles. The van der Waals surface area contributed by atoms with E-state index in [2.05, 4.69) is 10.3 Å². The van der Waals surface area contributed by atoms with Gasteiger partial charge in [0.15, 0.2) is 5.78 Å². The van der Waals surface area contributed by atoms with Gasteiger partial charge < -0.3 is 9.88 Å². The molecular weight excluding hydrogens is 302 g/mol. The molecule has 3 rings (SSSR count). The zero-order valence-electron chi connectivity index (χ0n) is 13.3. The van der Waals surface area contributed by atoms with Crippen LogP contribution in [0.3, 0.4) is 0 Å². The van der Waals surface area contributed by atoms with Gasteiger partial charge in [0.2, 0.25) is 0 Å². The van der Waals surface area contributed by atoms with Crippen molar-refractivity contribution in [1.29, 1.82) is 0 Å². The van der Waals surface area contributed by atoms with Gasteiger partial charge in [-0.25, -0.2) is 4.98 Å². The molecule has 24 heavy (non-hydrogen) atoms. The third-order valence-electron chi connectivity index (χ3n) is 3.67. The summed E-state index contributed by atoms with van der Waals surface area (Å²) in [5.74, 6) is -0.236. The topological polar surface area (TPSA) is 64.0 Å². The van der Waals surface area contributed by atoms with Crippen LogP contribution in [0.2, 0.25) is 0 Å². The largest absolute Gasteiger partial charge is 0.333 e. The molecule has 5 heteroatoms. The Morgan fingerprint density at radius 2 is 1.88 bits per heavy atom. The number of nitrogens with one attached hydrogen (secondary N) is 1. The van der Waals surface area contributed by atoms with Crippen molar-refractivity contribution in [3.8, 4) is 0 Å². The van der Waals surface area contributed by atoms with Gasteiger partial charge in [0.05, 0.1) is 6.33 Å². The molecule has 0 saturated heterocycles. The summed E-state index contributed by atoms with van der Waals surface area (Å²) in [6, 6.07) is 14.3. The Morgan fingerprint density at radius 1 is 1.08 bits per heavy atom. The van der Waals surface area contributed by atoms with Crippen LogP contribution in [0.25, 0.3) is 0 Å². The molecule has 0 fully saturated rings. The highest BCUT2D eigenvalue weighted by Gasteiger charge is 2.07. The smallest absolute Gasteiger partial charge is 0.255 e. The molecule has 0 aliphatic heterocycles. The molecule has 1 amide bonds. The molecule has 0 spiro atoms. The highest BCUT2D eigenvalue weighted by molar-refractivity contribution is 6.05. The van der Waals surface area contributed by atoms with Crippen LogP contribution in [-0.4, -0.2) is 21.2 Å². The fraction of sp³-hybridized carbons (Fsp3) is 0.105. The van der Waals surface area contributed by atoms with Crippen molar-refractivity contribution in [3.05, 3.63) is 83.9 Å². The van der Waals surface area contributed by atoms with E-state index >= 15 is 0 Å². The summed E-state index contributed by atoms with van der Waals surface area (Å²) >= 11 is 0. The van der Waals surface area contributed by atoms with Gasteiger partial charge in [-0.3, -0.25) is 9.59 Å². The average molecular weight is 319 g/mol. The predicted molar refractivity (Wildman–Crippen MR) is 92.2 cm³/mol. The number of amides is 1. The van der Waals surface area contributed by atoms with Crippen molar-refractivity contribution in [3.63, 3.8) is 0 Å². The highest BCUT2D eigenvalue weighted by atomic mass is 16.1. The first kappa shape index (κ1) is 15.7. The maximum absolute atomic E-state index is 12.3. The van der Waals surface area contributed by atoms with Crippen molar-refractivity contribution in [2.24, 2.45) is 0 Å². The van der Waals surface area contributed by atoms with E-state index in [1.165, 1.54) is 6.92 Å². The zero-order chi connectivity index (χ0) is 16.9. The number of anilines is 1. The van der Waals surface area contributed by atoms with E-state index in [0.717, 1.165) is 5.56 Å². The third-order valence-corrected chi connectivity index (χ3v) is 3.67. The predicted octanol–water partition coefficient (Wildman–Crippen LogP) is 3.39. The number of nitrogens with zero attached hydrogens (tertiary/aromatic N) is 2. The van der Waals surface area contributed by atoms with Crippen molar-refractivity contribution < 1.29 is 9.59 Å². The minimum Gasteiger partial charge on any atom is -0.333 e. The minimum absolute atomic E-state index is 0.0325. The Labute approximate surface area is 140 Å².